The SMILES string of the molecule is COC(=O)[C@@H]1CC[C@@]12CCc1ccc(OCc3ccc(-c4cc(C)ccc4F)c([C@H](OC)C(C)(C)C)c3)cc12. The molecular weight excluding hydrogens is 491 g/mol. The zero-order valence-electron chi connectivity index (χ0n) is 23.9. The predicted octanol–water partition coefficient (Wildman–Crippen LogP) is 7.88. The number of esters is 1. The van der Waals surface area contributed by atoms with Crippen molar-refractivity contribution >= 4 is 5.97 Å². The van der Waals surface area contributed by atoms with E-state index in [9.17, 15) is 9.18 Å². The van der Waals surface area contributed by atoms with Crippen LogP contribution in [0.4, 0.5) is 4.39 Å². The van der Waals surface area contributed by atoms with Gasteiger partial charge in [-0.05, 0) is 96.2 Å². The van der Waals surface area contributed by atoms with E-state index in [0.29, 0.717) is 12.2 Å². The smallest absolute Gasteiger partial charge is 0.309 e. The fraction of sp³-hybridized carbons (Fsp3) is 0.441. The molecule has 1 saturated carbocycles. The molecule has 0 aromatic heterocycles. The van der Waals surface area contributed by atoms with E-state index in [2.05, 4.69) is 39.0 Å². The fourth-order valence-electron chi connectivity index (χ4n) is 6.69. The Labute approximate surface area is 231 Å². The van der Waals surface area contributed by atoms with Crippen LogP contribution in [0.2, 0.25) is 0 Å². The van der Waals surface area contributed by atoms with E-state index in [0.717, 1.165) is 53.7 Å². The van der Waals surface area contributed by atoms with Crippen molar-refractivity contribution in [3.05, 3.63) is 88.2 Å². The average molecular weight is 531 g/mol. The molecule has 0 saturated heterocycles. The summed E-state index contributed by atoms with van der Waals surface area (Å²) in [6.45, 7) is 8.73. The number of carbonyl (C=O) groups is 1. The first-order valence-electron chi connectivity index (χ1n) is 13.8. The molecule has 5 heteroatoms. The Bertz CT molecular complexity index is 1390. The number of hydrogen-bond acceptors (Lipinski definition) is 4. The van der Waals surface area contributed by atoms with E-state index in [4.69, 9.17) is 14.2 Å². The lowest BCUT2D eigenvalue weighted by Crippen LogP contribution is -2.47. The molecule has 3 aromatic rings. The number of benzene rings is 3. The molecule has 2 aliphatic rings. The van der Waals surface area contributed by atoms with Gasteiger partial charge in [-0.15, -0.1) is 0 Å². The molecule has 2 aliphatic carbocycles. The summed E-state index contributed by atoms with van der Waals surface area (Å²) in [5.74, 6) is 0.368. The number of halogens is 1. The Kier molecular flexibility index (Phi) is 7.32. The van der Waals surface area contributed by atoms with Crippen LogP contribution >= 0.6 is 0 Å². The van der Waals surface area contributed by atoms with E-state index in [1.807, 2.05) is 31.2 Å². The number of methoxy groups -OCH3 is 2. The molecule has 39 heavy (non-hydrogen) atoms. The van der Waals surface area contributed by atoms with Crippen molar-refractivity contribution in [1.29, 1.82) is 0 Å². The molecule has 0 unspecified atom stereocenters. The van der Waals surface area contributed by atoms with Gasteiger partial charge in [0.2, 0.25) is 0 Å². The lowest BCUT2D eigenvalue weighted by molar-refractivity contribution is -0.153. The number of aryl methyl sites for hydroxylation is 2. The predicted molar refractivity (Wildman–Crippen MR) is 151 cm³/mol. The summed E-state index contributed by atoms with van der Waals surface area (Å²) >= 11 is 0. The normalized spacial score (nSPS) is 20.8. The molecule has 0 bridgehead atoms. The minimum atomic E-state index is -0.247. The van der Waals surface area contributed by atoms with Crippen LogP contribution in [0.25, 0.3) is 11.1 Å². The second kappa shape index (κ2) is 10.4. The first-order chi connectivity index (χ1) is 18.6. The van der Waals surface area contributed by atoms with Crippen LogP contribution < -0.4 is 4.74 Å². The highest BCUT2D eigenvalue weighted by atomic mass is 19.1. The first kappa shape index (κ1) is 27.4. The van der Waals surface area contributed by atoms with E-state index < -0.39 is 0 Å². The Morgan fingerprint density at radius 2 is 1.82 bits per heavy atom. The summed E-state index contributed by atoms with van der Waals surface area (Å²) < 4.78 is 32.4. The molecule has 1 spiro atoms. The van der Waals surface area contributed by atoms with Gasteiger partial charge in [-0.1, -0.05) is 50.6 Å². The number of rotatable bonds is 7. The summed E-state index contributed by atoms with van der Waals surface area (Å²) in [4.78, 5) is 12.4. The van der Waals surface area contributed by atoms with E-state index in [1.54, 1.807) is 13.2 Å². The van der Waals surface area contributed by atoms with E-state index in [1.165, 1.54) is 24.3 Å². The van der Waals surface area contributed by atoms with Gasteiger partial charge in [0.05, 0.1) is 19.1 Å². The Hall–Kier alpha value is -3.18. The lowest BCUT2D eigenvalue weighted by atomic mass is 9.57. The molecule has 0 amide bonds. The highest BCUT2D eigenvalue weighted by Gasteiger charge is 2.55. The van der Waals surface area contributed by atoms with Crippen molar-refractivity contribution in [3.63, 3.8) is 0 Å². The third-order valence-corrected chi connectivity index (χ3v) is 8.73. The molecule has 3 aromatic carbocycles. The molecule has 3 atom stereocenters. The number of carbonyl (C=O) groups excluding carboxylic acids is 1. The van der Waals surface area contributed by atoms with Crippen molar-refractivity contribution in [3.8, 4) is 16.9 Å². The zero-order valence-corrected chi connectivity index (χ0v) is 23.9. The fourth-order valence-corrected chi connectivity index (χ4v) is 6.69. The van der Waals surface area contributed by atoms with E-state index >= 15 is 0 Å². The van der Waals surface area contributed by atoms with Crippen LogP contribution in [-0.2, 0) is 32.7 Å². The van der Waals surface area contributed by atoms with Crippen molar-refractivity contribution in [2.45, 2.75) is 71.5 Å². The Morgan fingerprint density at radius 1 is 1.03 bits per heavy atom. The number of ether oxygens (including phenoxy) is 3. The van der Waals surface area contributed by atoms with Crippen LogP contribution in [0, 0.1) is 24.1 Å². The maximum absolute atomic E-state index is 15.0. The van der Waals surface area contributed by atoms with Crippen LogP contribution in [0.1, 0.15) is 74.0 Å². The van der Waals surface area contributed by atoms with Gasteiger partial charge < -0.3 is 14.2 Å². The first-order valence-corrected chi connectivity index (χ1v) is 13.8. The van der Waals surface area contributed by atoms with Gasteiger partial charge >= 0.3 is 5.97 Å². The minimum absolute atomic E-state index is 0.0699. The zero-order chi connectivity index (χ0) is 27.9. The molecule has 206 valence electrons. The second-order valence-electron chi connectivity index (χ2n) is 12.3. The van der Waals surface area contributed by atoms with Gasteiger partial charge in [-0.3, -0.25) is 4.79 Å². The third kappa shape index (κ3) is 4.98. The minimum Gasteiger partial charge on any atom is -0.489 e. The van der Waals surface area contributed by atoms with Crippen LogP contribution in [0.3, 0.4) is 0 Å². The molecular formula is C34H39FO4. The summed E-state index contributed by atoms with van der Waals surface area (Å²) in [5, 5.41) is 0. The largest absolute Gasteiger partial charge is 0.489 e. The van der Waals surface area contributed by atoms with Crippen LogP contribution in [0.5, 0.6) is 5.75 Å². The third-order valence-electron chi connectivity index (χ3n) is 8.73. The van der Waals surface area contributed by atoms with Crippen LogP contribution in [0.15, 0.2) is 54.6 Å². The molecule has 5 rings (SSSR count). The molecule has 0 radical (unpaired) electrons. The summed E-state index contributed by atoms with van der Waals surface area (Å²) in [5.41, 5.74) is 6.57. The molecule has 1 fully saturated rings. The van der Waals surface area contributed by atoms with Gasteiger partial charge in [0, 0.05) is 18.1 Å². The van der Waals surface area contributed by atoms with E-state index in [-0.39, 0.29) is 34.6 Å². The maximum Gasteiger partial charge on any atom is 0.309 e. The van der Waals surface area contributed by atoms with Gasteiger partial charge in [-0.2, -0.15) is 0 Å². The van der Waals surface area contributed by atoms with Crippen molar-refractivity contribution in [1.82, 2.24) is 0 Å². The number of hydrogen-bond donors (Lipinski definition) is 0. The quantitative estimate of drug-likeness (QED) is 0.292. The number of fused-ring (bicyclic) bond motifs is 2. The van der Waals surface area contributed by atoms with Crippen molar-refractivity contribution in [2.24, 2.45) is 11.3 Å². The highest BCUT2D eigenvalue weighted by Crippen LogP contribution is 2.57. The summed E-state index contributed by atoms with van der Waals surface area (Å²) in [7, 11) is 3.18. The van der Waals surface area contributed by atoms with Gasteiger partial charge in [0.25, 0.3) is 0 Å². The van der Waals surface area contributed by atoms with Crippen molar-refractivity contribution in [2.75, 3.05) is 14.2 Å². The molecule has 0 aliphatic heterocycles. The molecule has 4 nitrogen and oxygen atoms in total. The standard InChI is InChI=1S/C34H39FO4/c1-21-7-12-30(35)26(17-21)25-11-8-22(18-27(25)31(37-5)33(2,3)4)20-39-24-10-9-23-13-15-34(29(23)19-24)16-14-28(34)32(36)38-6/h7-12,17-19,28,31H,13-16,20H2,1-6H3/t28-,31-,34-/m0/s1. The van der Waals surface area contributed by atoms with Gasteiger partial charge in [0.15, 0.2) is 0 Å². The summed E-state index contributed by atoms with van der Waals surface area (Å²) in [6, 6.07) is 17.6. The summed E-state index contributed by atoms with van der Waals surface area (Å²) in [6.07, 6.45) is 3.61. The molecule has 0 heterocycles. The lowest BCUT2D eigenvalue weighted by Gasteiger charge is -2.46. The Balaban J connectivity index is 1.44. The van der Waals surface area contributed by atoms with Crippen LogP contribution in [-0.4, -0.2) is 20.2 Å². The maximum atomic E-state index is 15.0. The topological polar surface area (TPSA) is 44.8 Å². The van der Waals surface area contributed by atoms with Crippen molar-refractivity contribution < 1.29 is 23.4 Å². The van der Waals surface area contributed by atoms with Gasteiger partial charge in [0.1, 0.15) is 18.2 Å². The second-order valence-corrected chi connectivity index (χ2v) is 12.3. The highest BCUT2D eigenvalue weighted by molar-refractivity contribution is 5.77. The Morgan fingerprint density at radius 3 is 2.49 bits per heavy atom. The molecule has 0 N–H and O–H groups in total. The monoisotopic (exact) mass is 530 g/mol. The average Bonchev–Trinajstić information content (AvgIpc) is 3.29. The van der Waals surface area contributed by atoms with Gasteiger partial charge in [-0.25, -0.2) is 4.39 Å².